The number of nitrogens with zero attached hydrogens (tertiary/aromatic N) is 1. The summed E-state index contributed by atoms with van der Waals surface area (Å²) in [6.45, 7) is 0. The average Bonchev–Trinajstić information content (AvgIpc) is 3.00. The molecule has 2 bridgehead atoms. The third-order valence-electron chi connectivity index (χ3n) is 6.06. The van der Waals surface area contributed by atoms with Crippen LogP contribution in [0.5, 0.6) is 0 Å². The average molecular weight is 367 g/mol. The fraction of sp³-hybridized carbons (Fsp3) is 0.0833. The molecule has 1 aliphatic heterocycles. The van der Waals surface area contributed by atoms with Crippen molar-refractivity contribution in [3.05, 3.63) is 112 Å². The minimum absolute atomic E-state index is 0.241. The first-order chi connectivity index (χ1) is 13.7. The van der Waals surface area contributed by atoms with E-state index < -0.39 is 5.82 Å². The van der Waals surface area contributed by atoms with Gasteiger partial charge in [0.25, 0.3) is 11.8 Å². The highest BCUT2D eigenvalue weighted by Gasteiger charge is 2.53. The Balaban J connectivity index is 1.59. The van der Waals surface area contributed by atoms with Gasteiger partial charge in [0.05, 0.1) is 5.69 Å². The van der Waals surface area contributed by atoms with Gasteiger partial charge in [-0.15, -0.1) is 0 Å². The standard InChI is InChI=1S/C24H14FNO2/c25-13-9-11-14(12-10-13)26-23(27)21-19-15-5-1-2-6-16(15)20(22(21)24(26)28)18-8-4-3-7-17(18)19/h1-12,19-20H. The number of carbonyl (C=O) groups excluding carboxylic acids is 2. The van der Waals surface area contributed by atoms with E-state index in [-0.39, 0.29) is 23.7 Å². The zero-order chi connectivity index (χ0) is 19.0. The lowest BCUT2D eigenvalue weighted by molar-refractivity contribution is -0.120. The zero-order valence-electron chi connectivity index (χ0n) is 14.7. The Morgan fingerprint density at radius 3 is 1.39 bits per heavy atom. The molecule has 0 fully saturated rings. The molecular weight excluding hydrogens is 353 g/mol. The topological polar surface area (TPSA) is 37.4 Å². The normalized spacial score (nSPS) is 21.7. The second kappa shape index (κ2) is 5.26. The monoisotopic (exact) mass is 367 g/mol. The first-order valence-electron chi connectivity index (χ1n) is 9.23. The number of hydrogen-bond acceptors (Lipinski definition) is 2. The second-order valence-corrected chi connectivity index (χ2v) is 7.37. The highest BCUT2D eigenvalue weighted by molar-refractivity contribution is 6.34. The van der Waals surface area contributed by atoms with Crippen molar-refractivity contribution >= 4 is 17.5 Å². The smallest absolute Gasteiger partial charge is 0.262 e. The fourth-order valence-electron chi connectivity index (χ4n) is 4.98. The molecule has 0 saturated heterocycles. The van der Waals surface area contributed by atoms with E-state index in [4.69, 9.17) is 0 Å². The summed E-state index contributed by atoms with van der Waals surface area (Å²) >= 11 is 0. The number of benzene rings is 3. The van der Waals surface area contributed by atoms with Gasteiger partial charge in [0.1, 0.15) is 5.82 Å². The molecule has 0 aromatic heterocycles. The molecule has 4 heteroatoms. The maximum absolute atomic E-state index is 13.4. The predicted molar refractivity (Wildman–Crippen MR) is 102 cm³/mol. The first kappa shape index (κ1) is 15.5. The van der Waals surface area contributed by atoms with Crippen LogP contribution in [-0.2, 0) is 9.59 Å². The fourth-order valence-corrected chi connectivity index (χ4v) is 4.98. The maximum Gasteiger partial charge on any atom is 0.262 e. The van der Waals surface area contributed by atoms with E-state index in [0.29, 0.717) is 16.8 Å². The number of amides is 2. The van der Waals surface area contributed by atoms with Crippen LogP contribution in [0.2, 0.25) is 0 Å². The van der Waals surface area contributed by atoms with E-state index in [9.17, 15) is 14.0 Å². The molecule has 3 aromatic rings. The predicted octanol–water partition coefficient (Wildman–Crippen LogP) is 4.29. The molecule has 0 atom stereocenters. The van der Waals surface area contributed by atoms with Gasteiger partial charge in [0.2, 0.25) is 0 Å². The summed E-state index contributed by atoms with van der Waals surface area (Å²) in [7, 11) is 0. The Kier molecular flexibility index (Phi) is 2.91. The number of imide groups is 1. The highest BCUT2D eigenvalue weighted by atomic mass is 19.1. The number of rotatable bonds is 1. The summed E-state index contributed by atoms with van der Waals surface area (Å²) in [6, 6.07) is 21.6. The second-order valence-electron chi connectivity index (χ2n) is 7.37. The minimum atomic E-state index is -0.402. The van der Waals surface area contributed by atoms with Gasteiger partial charge in [0.15, 0.2) is 0 Å². The van der Waals surface area contributed by atoms with E-state index in [0.717, 1.165) is 22.3 Å². The molecule has 0 radical (unpaired) electrons. The Hall–Kier alpha value is -3.53. The Morgan fingerprint density at radius 1 is 0.607 bits per heavy atom. The van der Waals surface area contributed by atoms with Crippen LogP contribution in [0.4, 0.5) is 10.1 Å². The Labute approximate surface area is 160 Å². The minimum Gasteiger partial charge on any atom is -0.269 e. The third kappa shape index (κ3) is 1.77. The van der Waals surface area contributed by atoms with Crippen molar-refractivity contribution in [3.8, 4) is 0 Å². The quantitative estimate of drug-likeness (QED) is 0.602. The van der Waals surface area contributed by atoms with Gasteiger partial charge in [-0.2, -0.15) is 0 Å². The van der Waals surface area contributed by atoms with Crippen LogP contribution in [0.15, 0.2) is 83.9 Å². The van der Waals surface area contributed by atoms with E-state index in [2.05, 4.69) is 0 Å². The van der Waals surface area contributed by atoms with Crippen molar-refractivity contribution in [1.82, 2.24) is 0 Å². The molecule has 3 nitrogen and oxygen atoms in total. The third-order valence-corrected chi connectivity index (χ3v) is 6.06. The Morgan fingerprint density at radius 2 is 1.00 bits per heavy atom. The van der Waals surface area contributed by atoms with E-state index >= 15 is 0 Å². The lowest BCUT2D eigenvalue weighted by atomic mass is 9.61. The molecule has 0 saturated carbocycles. The van der Waals surface area contributed by atoms with Crippen molar-refractivity contribution in [2.24, 2.45) is 0 Å². The molecule has 4 aliphatic rings. The van der Waals surface area contributed by atoms with Crippen molar-refractivity contribution in [3.63, 3.8) is 0 Å². The molecule has 3 aromatic carbocycles. The molecule has 28 heavy (non-hydrogen) atoms. The zero-order valence-corrected chi connectivity index (χ0v) is 14.7. The van der Waals surface area contributed by atoms with Crippen LogP contribution in [0, 0.1) is 5.82 Å². The molecule has 3 aliphatic carbocycles. The molecular formula is C24H14FNO2. The number of hydrogen-bond donors (Lipinski definition) is 0. The van der Waals surface area contributed by atoms with E-state index in [1.165, 1.54) is 29.2 Å². The van der Waals surface area contributed by atoms with Crippen LogP contribution in [0.3, 0.4) is 0 Å². The van der Waals surface area contributed by atoms with Gasteiger partial charge in [-0.25, -0.2) is 9.29 Å². The summed E-state index contributed by atoms with van der Waals surface area (Å²) in [5, 5.41) is 0. The van der Waals surface area contributed by atoms with Gasteiger partial charge in [0, 0.05) is 23.0 Å². The highest BCUT2D eigenvalue weighted by Crippen LogP contribution is 2.58. The van der Waals surface area contributed by atoms with Gasteiger partial charge in [-0.3, -0.25) is 9.59 Å². The van der Waals surface area contributed by atoms with Crippen LogP contribution < -0.4 is 4.90 Å². The van der Waals surface area contributed by atoms with E-state index in [1.54, 1.807) is 0 Å². The summed E-state index contributed by atoms with van der Waals surface area (Å²) in [6.07, 6.45) is 0. The van der Waals surface area contributed by atoms with Crippen LogP contribution in [0.1, 0.15) is 34.1 Å². The van der Waals surface area contributed by atoms with Gasteiger partial charge >= 0.3 is 0 Å². The van der Waals surface area contributed by atoms with Crippen molar-refractivity contribution < 1.29 is 14.0 Å². The largest absolute Gasteiger partial charge is 0.269 e. The van der Waals surface area contributed by atoms with Crippen molar-refractivity contribution in [2.75, 3.05) is 4.90 Å². The Bertz CT molecular complexity index is 1110. The number of halogens is 1. The van der Waals surface area contributed by atoms with Gasteiger partial charge < -0.3 is 0 Å². The first-order valence-corrected chi connectivity index (χ1v) is 9.23. The number of anilines is 1. The molecule has 0 N–H and O–H groups in total. The van der Waals surface area contributed by atoms with E-state index in [1.807, 2.05) is 48.5 Å². The SMILES string of the molecule is O=C1C2=C(C(=O)N1c1ccc(F)cc1)C1c3ccccc3C2c2ccccc21. The number of carbonyl (C=O) groups is 2. The summed E-state index contributed by atoms with van der Waals surface area (Å²) in [4.78, 5) is 28.0. The van der Waals surface area contributed by atoms with Crippen molar-refractivity contribution in [1.29, 1.82) is 0 Å². The maximum atomic E-state index is 13.4. The van der Waals surface area contributed by atoms with Gasteiger partial charge in [-0.1, -0.05) is 48.5 Å². The molecule has 0 unspecified atom stereocenters. The summed E-state index contributed by atoms with van der Waals surface area (Å²) < 4.78 is 13.4. The van der Waals surface area contributed by atoms with Crippen LogP contribution in [-0.4, -0.2) is 11.8 Å². The van der Waals surface area contributed by atoms with Crippen LogP contribution in [0.25, 0.3) is 0 Å². The lowest BCUT2D eigenvalue weighted by Gasteiger charge is -2.39. The van der Waals surface area contributed by atoms with Crippen molar-refractivity contribution in [2.45, 2.75) is 11.8 Å². The molecule has 2 amide bonds. The van der Waals surface area contributed by atoms with Gasteiger partial charge in [-0.05, 0) is 46.5 Å². The molecule has 1 heterocycles. The summed E-state index contributed by atoms with van der Waals surface area (Å²) in [5.74, 6) is -1.49. The molecule has 0 spiro atoms. The molecule has 7 rings (SSSR count). The lowest BCUT2D eigenvalue weighted by Crippen LogP contribution is -2.32. The van der Waals surface area contributed by atoms with Crippen LogP contribution >= 0.6 is 0 Å². The molecule has 134 valence electrons. The summed E-state index contributed by atoms with van der Waals surface area (Å²) in [5.41, 5.74) is 5.89.